The Hall–Kier alpha value is -1.20. The molecule has 0 aliphatic rings. The summed E-state index contributed by atoms with van der Waals surface area (Å²) in [5.74, 6) is 0. The lowest BCUT2D eigenvalue weighted by Crippen LogP contribution is -2.21. The molecule has 2 aromatic heterocycles. The van der Waals surface area contributed by atoms with Crippen LogP contribution < -0.4 is 0 Å². The van der Waals surface area contributed by atoms with Gasteiger partial charge in [-0.2, -0.15) is 0 Å². The lowest BCUT2D eigenvalue weighted by atomic mass is 10.3. The van der Waals surface area contributed by atoms with Crippen LogP contribution in [0.15, 0.2) is 18.6 Å². The highest BCUT2D eigenvalue weighted by Crippen LogP contribution is 2.12. The van der Waals surface area contributed by atoms with Crippen LogP contribution in [0.2, 0.25) is 25.7 Å². The van der Waals surface area contributed by atoms with E-state index < -0.39 is 8.07 Å². The molecule has 0 unspecified atom stereocenters. The SMILES string of the molecule is Cc1cnc2ncn(COCC[Si](C)(C)C)c2c1. The Balaban J connectivity index is 1.98. The quantitative estimate of drug-likeness (QED) is 0.615. The highest BCUT2D eigenvalue weighted by molar-refractivity contribution is 6.76. The molecule has 0 amide bonds. The molecule has 0 N–H and O–H groups in total. The van der Waals surface area contributed by atoms with Crippen molar-refractivity contribution in [3.8, 4) is 0 Å². The Labute approximate surface area is 109 Å². The fourth-order valence-corrected chi connectivity index (χ4v) is 2.44. The molecule has 0 bridgehead atoms. The predicted molar refractivity (Wildman–Crippen MR) is 76.4 cm³/mol. The van der Waals surface area contributed by atoms with Crippen molar-refractivity contribution in [1.29, 1.82) is 0 Å². The van der Waals surface area contributed by atoms with E-state index in [1.54, 1.807) is 6.33 Å². The van der Waals surface area contributed by atoms with Gasteiger partial charge < -0.3 is 9.30 Å². The molecule has 0 atom stereocenters. The van der Waals surface area contributed by atoms with Gasteiger partial charge in [0.05, 0.1) is 11.8 Å². The molecule has 0 fully saturated rings. The number of aromatic nitrogens is 3. The van der Waals surface area contributed by atoms with Crippen LogP contribution in [0.1, 0.15) is 5.56 Å². The Morgan fingerprint density at radius 3 is 2.78 bits per heavy atom. The lowest BCUT2D eigenvalue weighted by Gasteiger charge is -2.15. The fourth-order valence-electron chi connectivity index (χ4n) is 1.69. The summed E-state index contributed by atoms with van der Waals surface area (Å²) in [4.78, 5) is 8.56. The summed E-state index contributed by atoms with van der Waals surface area (Å²) >= 11 is 0. The van der Waals surface area contributed by atoms with Crippen molar-refractivity contribution in [1.82, 2.24) is 14.5 Å². The lowest BCUT2D eigenvalue weighted by molar-refractivity contribution is 0.0898. The van der Waals surface area contributed by atoms with Crippen LogP contribution in [0.3, 0.4) is 0 Å². The van der Waals surface area contributed by atoms with Crippen molar-refractivity contribution >= 4 is 19.2 Å². The fraction of sp³-hybridized carbons (Fsp3) is 0.538. The largest absolute Gasteiger partial charge is 0.361 e. The molecule has 2 aromatic rings. The van der Waals surface area contributed by atoms with Gasteiger partial charge in [0, 0.05) is 20.9 Å². The predicted octanol–water partition coefficient (Wildman–Crippen LogP) is 3.05. The molecule has 0 aliphatic heterocycles. The van der Waals surface area contributed by atoms with Crippen molar-refractivity contribution in [2.75, 3.05) is 6.61 Å². The second kappa shape index (κ2) is 5.20. The van der Waals surface area contributed by atoms with E-state index in [2.05, 4.69) is 35.7 Å². The maximum atomic E-state index is 5.73. The number of hydrogen-bond acceptors (Lipinski definition) is 3. The Kier molecular flexibility index (Phi) is 3.82. The smallest absolute Gasteiger partial charge is 0.177 e. The van der Waals surface area contributed by atoms with Crippen molar-refractivity contribution in [3.05, 3.63) is 24.2 Å². The number of rotatable bonds is 5. The van der Waals surface area contributed by atoms with Crippen LogP contribution >= 0.6 is 0 Å². The summed E-state index contributed by atoms with van der Waals surface area (Å²) in [7, 11) is -1.00. The van der Waals surface area contributed by atoms with Crippen LogP contribution in [-0.2, 0) is 11.5 Å². The minimum absolute atomic E-state index is 0.562. The van der Waals surface area contributed by atoms with Gasteiger partial charge in [-0.05, 0) is 24.6 Å². The highest BCUT2D eigenvalue weighted by Gasteiger charge is 2.12. The minimum Gasteiger partial charge on any atom is -0.361 e. The van der Waals surface area contributed by atoms with E-state index >= 15 is 0 Å². The van der Waals surface area contributed by atoms with Gasteiger partial charge in [-0.1, -0.05) is 19.6 Å². The number of imidazole rings is 1. The molecular formula is C13H21N3OSi. The molecule has 2 heterocycles. The zero-order valence-electron chi connectivity index (χ0n) is 11.6. The summed E-state index contributed by atoms with van der Waals surface area (Å²) in [6, 6.07) is 3.29. The first-order chi connectivity index (χ1) is 8.46. The van der Waals surface area contributed by atoms with Crippen LogP contribution in [-0.4, -0.2) is 29.2 Å². The first kappa shape index (κ1) is 13.2. The monoisotopic (exact) mass is 263 g/mol. The van der Waals surface area contributed by atoms with Gasteiger partial charge in [-0.25, -0.2) is 9.97 Å². The minimum atomic E-state index is -1.00. The average Bonchev–Trinajstić information content (AvgIpc) is 2.66. The molecule has 0 saturated carbocycles. The Bertz CT molecular complexity index is 531. The third-order valence-corrected chi connectivity index (χ3v) is 4.54. The second-order valence-electron chi connectivity index (χ2n) is 5.92. The van der Waals surface area contributed by atoms with Gasteiger partial charge in [-0.15, -0.1) is 0 Å². The molecule has 0 saturated heterocycles. The number of pyridine rings is 1. The maximum absolute atomic E-state index is 5.73. The first-order valence-corrected chi connectivity index (χ1v) is 10.0. The van der Waals surface area contributed by atoms with Crippen LogP contribution in [0.4, 0.5) is 0 Å². The molecule has 0 aliphatic carbocycles. The van der Waals surface area contributed by atoms with Crippen LogP contribution in [0.5, 0.6) is 0 Å². The topological polar surface area (TPSA) is 39.9 Å². The summed E-state index contributed by atoms with van der Waals surface area (Å²) in [6.07, 6.45) is 3.64. The zero-order valence-corrected chi connectivity index (χ0v) is 12.6. The van der Waals surface area contributed by atoms with E-state index in [9.17, 15) is 0 Å². The number of fused-ring (bicyclic) bond motifs is 1. The van der Waals surface area contributed by atoms with E-state index in [1.165, 1.54) is 6.04 Å². The number of aryl methyl sites for hydroxylation is 1. The molecule has 0 radical (unpaired) electrons. The van der Waals surface area contributed by atoms with Gasteiger partial charge >= 0.3 is 0 Å². The van der Waals surface area contributed by atoms with Gasteiger partial charge in [-0.3, -0.25) is 0 Å². The third kappa shape index (κ3) is 3.40. The molecule has 5 heteroatoms. The Morgan fingerprint density at radius 2 is 2.06 bits per heavy atom. The van der Waals surface area contributed by atoms with Crippen molar-refractivity contribution in [2.24, 2.45) is 0 Å². The van der Waals surface area contributed by atoms with Gasteiger partial charge in [0.1, 0.15) is 6.73 Å². The average molecular weight is 263 g/mol. The van der Waals surface area contributed by atoms with Crippen LogP contribution in [0.25, 0.3) is 11.2 Å². The summed E-state index contributed by atoms with van der Waals surface area (Å²) in [5.41, 5.74) is 2.98. The van der Waals surface area contributed by atoms with E-state index in [-0.39, 0.29) is 0 Å². The Morgan fingerprint density at radius 1 is 1.28 bits per heavy atom. The summed E-state index contributed by atoms with van der Waals surface area (Å²) < 4.78 is 7.75. The first-order valence-electron chi connectivity index (χ1n) is 6.31. The normalized spacial score (nSPS) is 12.2. The molecule has 98 valence electrons. The van der Waals surface area contributed by atoms with Gasteiger partial charge in [0.25, 0.3) is 0 Å². The van der Waals surface area contributed by atoms with Gasteiger partial charge in [0.2, 0.25) is 0 Å². The molecule has 4 nitrogen and oxygen atoms in total. The van der Waals surface area contributed by atoms with Crippen LogP contribution in [0, 0.1) is 6.92 Å². The standard InChI is InChI=1S/C13H21N3OSi/c1-11-7-12-13(14-8-11)15-9-16(12)10-17-5-6-18(2,3)4/h7-9H,5-6,10H2,1-4H3. The highest BCUT2D eigenvalue weighted by atomic mass is 28.3. The van der Waals surface area contributed by atoms with E-state index in [1.807, 2.05) is 17.7 Å². The zero-order chi connectivity index (χ0) is 13.2. The van der Waals surface area contributed by atoms with Crippen molar-refractivity contribution in [3.63, 3.8) is 0 Å². The number of hydrogen-bond donors (Lipinski definition) is 0. The molecule has 0 aromatic carbocycles. The summed E-state index contributed by atoms with van der Waals surface area (Å²) in [5, 5.41) is 0. The summed E-state index contributed by atoms with van der Waals surface area (Å²) in [6.45, 7) is 10.5. The third-order valence-electron chi connectivity index (χ3n) is 2.84. The second-order valence-corrected chi connectivity index (χ2v) is 11.5. The number of ether oxygens (including phenoxy) is 1. The van der Waals surface area contributed by atoms with Crippen molar-refractivity contribution < 1.29 is 4.74 Å². The van der Waals surface area contributed by atoms with Gasteiger partial charge in [0.15, 0.2) is 5.65 Å². The van der Waals surface area contributed by atoms with E-state index in [4.69, 9.17) is 4.74 Å². The maximum Gasteiger partial charge on any atom is 0.177 e. The van der Waals surface area contributed by atoms with E-state index in [0.29, 0.717) is 6.73 Å². The molecule has 18 heavy (non-hydrogen) atoms. The van der Waals surface area contributed by atoms with Crippen molar-refractivity contribution in [2.45, 2.75) is 39.3 Å². The molecule has 0 spiro atoms. The number of nitrogens with zero attached hydrogens (tertiary/aromatic N) is 3. The van der Waals surface area contributed by atoms with E-state index in [0.717, 1.165) is 23.3 Å². The molecule has 2 rings (SSSR count). The molecular weight excluding hydrogens is 242 g/mol.